The van der Waals surface area contributed by atoms with Crippen molar-refractivity contribution in [2.75, 3.05) is 13.1 Å². The van der Waals surface area contributed by atoms with Crippen molar-refractivity contribution in [2.45, 2.75) is 63.5 Å². The molecule has 1 aliphatic heterocycles. The summed E-state index contributed by atoms with van der Waals surface area (Å²) in [7, 11) is 0. The number of nitrogens with zero attached hydrogens (tertiary/aromatic N) is 1. The molecule has 0 amide bonds. The zero-order chi connectivity index (χ0) is 14.9. The van der Waals surface area contributed by atoms with Gasteiger partial charge in [-0.1, -0.05) is 36.6 Å². The van der Waals surface area contributed by atoms with E-state index >= 15 is 0 Å². The van der Waals surface area contributed by atoms with Gasteiger partial charge in [0.1, 0.15) is 0 Å². The van der Waals surface area contributed by atoms with E-state index in [1.165, 1.54) is 31.2 Å². The number of benzene rings is 1. The molecule has 116 valence electrons. The predicted molar refractivity (Wildman–Crippen MR) is 87.9 cm³/mol. The first kappa shape index (κ1) is 15.3. The molecule has 2 nitrogen and oxygen atoms in total. The fraction of sp³-hybridized carbons (Fsp3) is 0.667. The van der Waals surface area contributed by atoms with Gasteiger partial charge in [0, 0.05) is 17.0 Å². The number of hydrogen-bond acceptors (Lipinski definition) is 2. The van der Waals surface area contributed by atoms with Crippen molar-refractivity contribution in [1.82, 2.24) is 4.90 Å². The highest BCUT2D eigenvalue weighted by atomic mass is 35.5. The fourth-order valence-corrected chi connectivity index (χ4v) is 4.54. The van der Waals surface area contributed by atoms with E-state index in [9.17, 15) is 5.11 Å². The van der Waals surface area contributed by atoms with E-state index < -0.39 is 0 Å². The molecule has 1 saturated carbocycles. The first-order chi connectivity index (χ1) is 10.1. The Balaban J connectivity index is 1.79. The highest BCUT2D eigenvalue weighted by molar-refractivity contribution is 6.31. The molecule has 1 unspecified atom stereocenters. The summed E-state index contributed by atoms with van der Waals surface area (Å²) in [5, 5.41) is 11.8. The standard InChI is InChI=1S/C18H26ClNO/c1-14-6-7-15(16(19)12-14)13-17(21)18(8-2-3-9-18)20-10-4-5-11-20/h6-7,12,17,21H,2-5,8-11,13H2,1H3. The molecule has 1 N–H and O–H groups in total. The molecule has 0 radical (unpaired) electrons. The van der Waals surface area contributed by atoms with Gasteiger partial charge in [-0.2, -0.15) is 0 Å². The minimum Gasteiger partial charge on any atom is -0.391 e. The average molecular weight is 308 g/mol. The molecule has 2 aliphatic rings. The lowest BCUT2D eigenvalue weighted by Gasteiger charge is -2.43. The average Bonchev–Trinajstić information content (AvgIpc) is 3.11. The summed E-state index contributed by atoms with van der Waals surface area (Å²) in [4.78, 5) is 2.56. The van der Waals surface area contributed by atoms with Gasteiger partial charge in [-0.25, -0.2) is 0 Å². The highest BCUT2D eigenvalue weighted by Gasteiger charge is 2.46. The van der Waals surface area contributed by atoms with Crippen molar-refractivity contribution in [3.8, 4) is 0 Å². The summed E-state index contributed by atoms with van der Waals surface area (Å²) in [6.45, 7) is 4.35. The lowest BCUT2D eigenvalue weighted by Crippen LogP contribution is -2.54. The Morgan fingerprint density at radius 1 is 1.19 bits per heavy atom. The predicted octanol–water partition coefficient (Wildman–Crippen LogP) is 3.96. The van der Waals surface area contributed by atoms with Gasteiger partial charge in [-0.05, 0) is 62.9 Å². The minimum atomic E-state index is -0.307. The zero-order valence-electron chi connectivity index (χ0n) is 12.9. The molecular formula is C18H26ClNO. The van der Waals surface area contributed by atoms with E-state index in [-0.39, 0.29) is 11.6 Å². The van der Waals surface area contributed by atoms with Crippen LogP contribution in [0, 0.1) is 6.92 Å². The Hall–Kier alpha value is -0.570. The van der Waals surface area contributed by atoms with Gasteiger partial charge < -0.3 is 5.11 Å². The third kappa shape index (κ3) is 2.99. The smallest absolute Gasteiger partial charge is 0.0764 e. The number of likely N-dealkylation sites (tertiary alicyclic amines) is 1. The third-order valence-corrected chi connectivity index (χ3v) is 5.80. The van der Waals surface area contributed by atoms with E-state index in [0.717, 1.165) is 36.5 Å². The van der Waals surface area contributed by atoms with Crippen LogP contribution in [0.2, 0.25) is 5.02 Å². The van der Waals surface area contributed by atoms with Crippen LogP contribution < -0.4 is 0 Å². The summed E-state index contributed by atoms with van der Waals surface area (Å²) < 4.78 is 0. The van der Waals surface area contributed by atoms with Gasteiger partial charge >= 0.3 is 0 Å². The second-order valence-corrected chi connectivity index (χ2v) is 7.23. The maximum atomic E-state index is 11.0. The maximum absolute atomic E-state index is 11.0. The Bertz CT molecular complexity index is 490. The molecule has 3 heteroatoms. The van der Waals surface area contributed by atoms with Crippen LogP contribution in [0.1, 0.15) is 49.7 Å². The molecule has 0 aromatic heterocycles. The van der Waals surface area contributed by atoms with Crippen molar-refractivity contribution in [2.24, 2.45) is 0 Å². The number of aryl methyl sites for hydroxylation is 1. The molecule has 1 aromatic rings. The topological polar surface area (TPSA) is 23.5 Å². The Morgan fingerprint density at radius 2 is 1.86 bits per heavy atom. The van der Waals surface area contributed by atoms with E-state index in [4.69, 9.17) is 11.6 Å². The van der Waals surface area contributed by atoms with Crippen LogP contribution in [0.3, 0.4) is 0 Å². The summed E-state index contributed by atoms with van der Waals surface area (Å²) in [6.07, 6.45) is 7.69. The molecule has 1 aromatic carbocycles. The molecule has 2 fully saturated rings. The Labute approximate surface area is 133 Å². The number of aliphatic hydroxyl groups is 1. The van der Waals surface area contributed by atoms with Gasteiger partial charge in [0.15, 0.2) is 0 Å². The molecule has 0 bridgehead atoms. The molecule has 21 heavy (non-hydrogen) atoms. The van der Waals surface area contributed by atoms with Gasteiger partial charge in [-0.3, -0.25) is 4.90 Å². The SMILES string of the molecule is Cc1ccc(CC(O)C2(N3CCCC3)CCCC2)c(Cl)c1. The lowest BCUT2D eigenvalue weighted by atomic mass is 9.84. The molecule has 1 aliphatic carbocycles. The molecule has 0 spiro atoms. The van der Waals surface area contributed by atoms with Crippen LogP contribution in [0.4, 0.5) is 0 Å². The lowest BCUT2D eigenvalue weighted by molar-refractivity contribution is -0.0171. The zero-order valence-corrected chi connectivity index (χ0v) is 13.7. The van der Waals surface area contributed by atoms with Gasteiger partial charge in [-0.15, -0.1) is 0 Å². The Morgan fingerprint density at radius 3 is 2.48 bits per heavy atom. The van der Waals surface area contributed by atoms with Gasteiger partial charge in [0.25, 0.3) is 0 Å². The number of halogens is 1. The van der Waals surface area contributed by atoms with Crippen molar-refractivity contribution in [3.05, 3.63) is 34.3 Å². The van der Waals surface area contributed by atoms with Crippen LogP contribution >= 0.6 is 11.6 Å². The summed E-state index contributed by atoms with van der Waals surface area (Å²) >= 11 is 6.36. The fourth-order valence-electron chi connectivity index (χ4n) is 4.23. The van der Waals surface area contributed by atoms with Crippen LogP contribution in [-0.2, 0) is 6.42 Å². The van der Waals surface area contributed by atoms with E-state index in [2.05, 4.69) is 24.0 Å². The van der Waals surface area contributed by atoms with Crippen LogP contribution in [-0.4, -0.2) is 34.7 Å². The first-order valence-corrected chi connectivity index (χ1v) is 8.68. The third-order valence-electron chi connectivity index (χ3n) is 5.45. The number of rotatable bonds is 4. The quantitative estimate of drug-likeness (QED) is 0.910. The molecule has 1 atom stereocenters. The highest BCUT2D eigenvalue weighted by Crippen LogP contribution is 2.41. The normalized spacial score (nSPS) is 23.6. The summed E-state index contributed by atoms with van der Waals surface area (Å²) in [5.74, 6) is 0. The molecular weight excluding hydrogens is 282 g/mol. The largest absolute Gasteiger partial charge is 0.391 e. The summed E-state index contributed by atoms with van der Waals surface area (Å²) in [5.41, 5.74) is 2.26. The Kier molecular flexibility index (Phi) is 4.58. The number of aliphatic hydroxyl groups excluding tert-OH is 1. The van der Waals surface area contributed by atoms with Crippen molar-refractivity contribution >= 4 is 11.6 Å². The molecule has 3 rings (SSSR count). The van der Waals surface area contributed by atoms with Gasteiger partial charge in [0.05, 0.1) is 6.10 Å². The van der Waals surface area contributed by atoms with E-state index in [1.54, 1.807) is 0 Å². The second-order valence-electron chi connectivity index (χ2n) is 6.82. The monoisotopic (exact) mass is 307 g/mol. The van der Waals surface area contributed by atoms with E-state index in [0.29, 0.717) is 6.42 Å². The van der Waals surface area contributed by atoms with Crippen LogP contribution in [0.25, 0.3) is 0 Å². The van der Waals surface area contributed by atoms with Crippen LogP contribution in [0.5, 0.6) is 0 Å². The van der Waals surface area contributed by atoms with Crippen molar-refractivity contribution in [3.63, 3.8) is 0 Å². The minimum absolute atomic E-state index is 0.00468. The summed E-state index contributed by atoms with van der Waals surface area (Å²) in [6, 6.07) is 6.17. The molecule has 1 saturated heterocycles. The second kappa shape index (κ2) is 6.28. The maximum Gasteiger partial charge on any atom is 0.0764 e. The van der Waals surface area contributed by atoms with Crippen molar-refractivity contribution < 1.29 is 5.11 Å². The molecule has 1 heterocycles. The van der Waals surface area contributed by atoms with Gasteiger partial charge in [0.2, 0.25) is 0 Å². The van der Waals surface area contributed by atoms with Crippen molar-refractivity contribution in [1.29, 1.82) is 0 Å². The van der Waals surface area contributed by atoms with Crippen LogP contribution in [0.15, 0.2) is 18.2 Å². The van der Waals surface area contributed by atoms with E-state index in [1.807, 2.05) is 6.07 Å². The first-order valence-electron chi connectivity index (χ1n) is 8.30. The number of hydrogen-bond donors (Lipinski definition) is 1.